The Morgan fingerprint density at radius 3 is 2.74 bits per heavy atom. The minimum Gasteiger partial charge on any atom is -0.361 e. The topological polar surface area (TPSA) is 57.2 Å². The van der Waals surface area contributed by atoms with Crippen LogP contribution in [0.15, 0.2) is 66.0 Å². The Morgan fingerprint density at radius 2 is 1.83 bits per heavy atom. The van der Waals surface area contributed by atoms with Gasteiger partial charge in [-0.3, -0.25) is 4.98 Å². The highest BCUT2D eigenvalue weighted by Crippen LogP contribution is 2.17. The molecule has 5 heteroatoms. The van der Waals surface area contributed by atoms with E-state index in [1.165, 1.54) is 0 Å². The lowest BCUT2D eigenvalue weighted by Crippen LogP contribution is -2.11. The molecule has 0 spiro atoms. The molecule has 2 heterocycles. The molecule has 0 saturated carbocycles. The molecule has 0 radical (unpaired) electrons. The van der Waals surface area contributed by atoms with Gasteiger partial charge >= 0.3 is 0 Å². The number of hydrogen-bond donors (Lipinski definition) is 1. The van der Waals surface area contributed by atoms with E-state index in [9.17, 15) is 0 Å². The van der Waals surface area contributed by atoms with E-state index in [1.807, 2.05) is 61.9 Å². The van der Waals surface area contributed by atoms with Crippen LogP contribution < -0.4 is 5.01 Å². The number of fused-ring (bicyclic) bond motifs is 2. The van der Waals surface area contributed by atoms with Crippen LogP contribution in [-0.4, -0.2) is 28.2 Å². The molecular formula is C18H15N5. The van der Waals surface area contributed by atoms with Crippen molar-refractivity contribution in [2.45, 2.75) is 0 Å². The molecule has 0 amide bonds. The summed E-state index contributed by atoms with van der Waals surface area (Å²) in [6, 6.07) is 16.0. The molecule has 0 bridgehead atoms. The summed E-state index contributed by atoms with van der Waals surface area (Å²) < 4.78 is 0. The van der Waals surface area contributed by atoms with Crippen LogP contribution in [0.2, 0.25) is 0 Å². The first-order valence-electron chi connectivity index (χ1n) is 7.37. The van der Waals surface area contributed by atoms with E-state index in [0.717, 1.165) is 27.5 Å². The predicted octanol–water partition coefficient (Wildman–Crippen LogP) is 3.58. The van der Waals surface area contributed by atoms with Gasteiger partial charge in [0.2, 0.25) is 0 Å². The van der Waals surface area contributed by atoms with Crippen LogP contribution in [0.4, 0.5) is 5.82 Å². The maximum atomic E-state index is 4.58. The number of H-pyrrole nitrogens is 1. The van der Waals surface area contributed by atoms with E-state index in [-0.39, 0.29) is 0 Å². The minimum absolute atomic E-state index is 0.708. The lowest BCUT2D eigenvalue weighted by molar-refractivity contribution is 0.981. The fourth-order valence-electron chi connectivity index (χ4n) is 2.51. The summed E-state index contributed by atoms with van der Waals surface area (Å²) in [5.74, 6) is 0.708. The van der Waals surface area contributed by atoms with Crippen molar-refractivity contribution in [1.29, 1.82) is 0 Å². The zero-order valence-corrected chi connectivity index (χ0v) is 12.6. The van der Waals surface area contributed by atoms with Gasteiger partial charge in [0.05, 0.1) is 23.4 Å². The summed E-state index contributed by atoms with van der Waals surface area (Å²) in [6.07, 6.45) is 5.51. The van der Waals surface area contributed by atoms with Crippen molar-refractivity contribution < 1.29 is 0 Å². The molecule has 2 aromatic carbocycles. The van der Waals surface area contributed by atoms with Crippen molar-refractivity contribution in [2.24, 2.45) is 5.10 Å². The summed E-state index contributed by atoms with van der Waals surface area (Å²) in [4.78, 5) is 12.2. The highest BCUT2D eigenvalue weighted by atomic mass is 15.5. The van der Waals surface area contributed by atoms with Crippen molar-refractivity contribution in [3.05, 3.63) is 66.5 Å². The smallest absolute Gasteiger partial charge is 0.167 e. The van der Waals surface area contributed by atoms with Crippen LogP contribution in [0.3, 0.4) is 0 Å². The maximum Gasteiger partial charge on any atom is 0.167 e. The molecule has 0 unspecified atom stereocenters. The van der Waals surface area contributed by atoms with Gasteiger partial charge in [-0.15, -0.1) is 0 Å². The Balaban J connectivity index is 1.64. The number of rotatable bonds is 3. The Labute approximate surface area is 133 Å². The van der Waals surface area contributed by atoms with Crippen molar-refractivity contribution in [3.63, 3.8) is 0 Å². The van der Waals surface area contributed by atoms with E-state index in [1.54, 1.807) is 11.2 Å². The third kappa shape index (κ3) is 2.53. The Kier molecular flexibility index (Phi) is 3.24. The zero-order valence-electron chi connectivity index (χ0n) is 12.6. The van der Waals surface area contributed by atoms with Crippen LogP contribution in [0.5, 0.6) is 0 Å². The first-order chi connectivity index (χ1) is 11.3. The largest absolute Gasteiger partial charge is 0.361 e. The molecule has 0 saturated heterocycles. The van der Waals surface area contributed by atoms with E-state index in [4.69, 9.17) is 0 Å². The molecule has 23 heavy (non-hydrogen) atoms. The summed E-state index contributed by atoms with van der Waals surface area (Å²) in [5, 5.41) is 7.35. The third-order valence-electron chi connectivity index (χ3n) is 3.76. The molecular weight excluding hydrogens is 286 g/mol. The van der Waals surface area contributed by atoms with Gasteiger partial charge in [-0.25, -0.2) is 9.99 Å². The van der Waals surface area contributed by atoms with Crippen LogP contribution in [-0.2, 0) is 0 Å². The molecule has 112 valence electrons. The number of aromatic nitrogens is 3. The minimum atomic E-state index is 0.708. The fraction of sp³-hybridized carbons (Fsp3) is 0.0556. The quantitative estimate of drug-likeness (QED) is 0.465. The van der Waals surface area contributed by atoms with Crippen LogP contribution in [0, 0.1) is 0 Å². The second kappa shape index (κ2) is 5.53. The summed E-state index contributed by atoms with van der Waals surface area (Å²) in [6.45, 7) is 0. The Morgan fingerprint density at radius 1 is 1.04 bits per heavy atom. The van der Waals surface area contributed by atoms with Crippen LogP contribution >= 0.6 is 0 Å². The van der Waals surface area contributed by atoms with Crippen molar-refractivity contribution in [3.8, 4) is 0 Å². The molecule has 1 N–H and O–H groups in total. The first kappa shape index (κ1) is 13.5. The van der Waals surface area contributed by atoms with Crippen molar-refractivity contribution >= 4 is 34.0 Å². The monoisotopic (exact) mass is 301 g/mol. The predicted molar refractivity (Wildman–Crippen MR) is 93.8 cm³/mol. The number of hydrogen-bond acceptors (Lipinski definition) is 4. The average Bonchev–Trinajstić information content (AvgIpc) is 3.02. The number of benzene rings is 2. The number of hydrazone groups is 1. The highest BCUT2D eigenvalue weighted by molar-refractivity contribution is 5.99. The van der Waals surface area contributed by atoms with Crippen LogP contribution in [0.25, 0.3) is 21.9 Å². The van der Waals surface area contributed by atoms with Crippen LogP contribution in [0.1, 0.15) is 5.56 Å². The molecule has 0 aliphatic rings. The fourth-order valence-corrected chi connectivity index (χ4v) is 2.51. The maximum absolute atomic E-state index is 4.58. The van der Waals surface area contributed by atoms with E-state index in [2.05, 4.69) is 26.1 Å². The lowest BCUT2D eigenvalue weighted by atomic mass is 10.2. The molecule has 0 aliphatic carbocycles. The lowest BCUT2D eigenvalue weighted by Gasteiger charge is -2.11. The Hall–Kier alpha value is -3.21. The highest BCUT2D eigenvalue weighted by Gasteiger charge is 2.04. The van der Waals surface area contributed by atoms with E-state index < -0.39 is 0 Å². The first-order valence-corrected chi connectivity index (χ1v) is 7.37. The molecule has 4 rings (SSSR count). The second-order valence-corrected chi connectivity index (χ2v) is 5.27. The van der Waals surface area contributed by atoms with Crippen molar-refractivity contribution in [1.82, 2.24) is 15.0 Å². The van der Waals surface area contributed by atoms with Crippen molar-refractivity contribution in [2.75, 3.05) is 12.1 Å². The van der Waals surface area contributed by atoms with Gasteiger partial charge < -0.3 is 4.98 Å². The molecule has 0 atom stereocenters. The number of aromatic amines is 1. The van der Waals surface area contributed by atoms with Gasteiger partial charge in [0, 0.05) is 29.7 Å². The summed E-state index contributed by atoms with van der Waals surface area (Å²) in [7, 11) is 1.87. The van der Waals surface area contributed by atoms with Gasteiger partial charge in [0.25, 0.3) is 0 Å². The molecule has 5 nitrogen and oxygen atoms in total. The third-order valence-corrected chi connectivity index (χ3v) is 3.76. The number of anilines is 1. The molecule has 2 aromatic heterocycles. The molecule has 4 aromatic rings. The second-order valence-electron chi connectivity index (χ2n) is 5.27. The number of nitrogens with one attached hydrogen (secondary N) is 1. The van der Waals surface area contributed by atoms with E-state index in [0.29, 0.717) is 5.82 Å². The summed E-state index contributed by atoms with van der Waals surface area (Å²) >= 11 is 0. The van der Waals surface area contributed by atoms with Gasteiger partial charge in [0.15, 0.2) is 5.82 Å². The van der Waals surface area contributed by atoms with Gasteiger partial charge in [0.1, 0.15) is 0 Å². The normalized spacial score (nSPS) is 11.5. The van der Waals surface area contributed by atoms with Gasteiger partial charge in [-0.1, -0.05) is 30.3 Å². The van der Waals surface area contributed by atoms with E-state index >= 15 is 0 Å². The SMILES string of the molecule is CN(N=Cc1c[nH]c2ccccc12)c1cnc2ccccc2n1. The number of para-hydroxylation sites is 3. The molecule has 0 fully saturated rings. The molecule has 0 aliphatic heterocycles. The standard InChI is InChI=1S/C18H15N5/c1-23(18-12-20-16-8-4-5-9-17(16)22-18)21-11-13-10-19-15-7-3-2-6-14(13)15/h2-12,19H,1H3. The average molecular weight is 301 g/mol. The zero-order chi connectivity index (χ0) is 15.6. The number of nitrogens with zero attached hydrogens (tertiary/aromatic N) is 4. The Bertz CT molecular complexity index is 1000. The van der Waals surface area contributed by atoms with Gasteiger partial charge in [-0.05, 0) is 18.2 Å². The van der Waals surface area contributed by atoms with Gasteiger partial charge in [-0.2, -0.15) is 5.10 Å². The summed E-state index contributed by atoms with van der Waals surface area (Å²) in [5.41, 5.74) is 3.88.